The molecule has 4 rings (SSSR count). The Morgan fingerprint density at radius 2 is 0.375 bits per heavy atom. The lowest BCUT2D eigenvalue weighted by Crippen LogP contribution is -2.22. The summed E-state index contributed by atoms with van der Waals surface area (Å²) in [6, 6.07) is 13.1. The Labute approximate surface area is 742 Å². The van der Waals surface area contributed by atoms with Gasteiger partial charge < -0.3 is 27.8 Å². The first kappa shape index (κ1) is 109. The first-order valence-corrected chi connectivity index (χ1v) is 52.8. The maximum absolute atomic E-state index is 13.5. The van der Waals surface area contributed by atoms with Crippen LogP contribution in [0.2, 0.25) is 0 Å². The number of unbranched alkanes of at least 4 members (excludes halogenated alkanes) is 45. The van der Waals surface area contributed by atoms with Crippen molar-refractivity contribution in [2.75, 3.05) is 19.8 Å². The molecule has 0 bridgehead atoms. The molecule has 12 nitrogen and oxygen atoms in total. The monoisotopic (exact) mass is 1730 g/mol. The molecule has 1 aliphatic rings. The van der Waals surface area contributed by atoms with Gasteiger partial charge in [-0.25, -0.2) is 12.9 Å². The van der Waals surface area contributed by atoms with Crippen LogP contribution in [0.4, 0.5) is 0 Å². The largest absolute Gasteiger partial charge is 0.466 e. The maximum Gasteiger partial charge on any atom is 0.413 e. The van der Waals surface area contributed by atoms with Gasteiger partial charge in [-0.05, 0) is 87.7 Å². The summed E-state index contributed by atoms with van der Waals surface area (Å²) in [5, 5.41) is 0. The molecule has 0 amide bonds. The summed E-state index contributed by atoms with van der Waals surface area (Å²) in [5.41, 5.74) is 6.26. The zero-order valence-electron chi connectivity index (χ0n) is 81.5. The quantitative estimate of drug-likeness (QED) is 0.0230. The lowest BCUT2D eigenvalue weighted by atomic mass is 9.78. The first-order valence-electron chi connectivity index (χ1n) is 49.6. The molecule has 0 saturated carbocycles. The van der Waals surface area contributed by atoms with Crippen LogP contribution in [0, 0.1) is 0 Å². The van der Waals surface area contributed by atoms with Crippen LogP contribution >= 0.6 is 25.8 Å². The Hall–Kier alpha value is -3.36. The van der Waals surface area contributed by atoms with E-state index in [1.807, 2.05) is 0 Å². The Kier molecular flexibility index (Phi) is 54.8. The lowest BCUT2D eigenvalue weighted by Gasteiger charge is -2.37. The van der Waals surface area contributed by atoms with Gasteiger partial charge in [0.2, 0.25) is 0 Å². The summed E-state index contributed by atoms with van der Waals surface area (Å²) >= 11 is 0. The summed E-state index contributed by atoms with van der Waals surface area (Å²) in [7, 11) is -6.94. The molecular weight excluding hydrogens is 1550 g/mol. The third kappa shape index (κ3) is 47.4. The van der Waals surface area contributed by atoms with Crippen LogP contribution in [0.25, 0.3) is 0 Å². The van der Waals surface area contributed by atoms with Crippen molar-refractivity contribution in [1.29, 1.82) is 0 Å². The number of hydrogen-bond donors (Lipinski definition) is 0. The van der Waals surface area contributed by atoms with Crippen molar-refractivity contribution in [2.24, 2.45) is 0 Å². The van der Waals surface area contributed by atoms with E-state index in [2.05, 4.69) is 182 Å². The second kappa shape index (κ2) is 60.4. The van der Waals surface area contributed by atoms with E-state index in [0.29, 0.717) is 56.3 Å². The van der Waals surface area contributed by atoms with E-state index < -0.39 is 58.3 Å². The molecule has 690 valence electrons. The van der Waals surface area contributed by atoms with E-state index in [-0.39, 0.29) is 37.2 Å². The van der Waals surface area contributed by atoms with Crippen molar-refractivity contribution >= 4 is 43.7 Å². The van der Waals surface area contributed by atoms with E-state index in [1.165, 1.54) is 270 Å². The van der Waals surface area contributed by atoms with Gasteiger partial charge in [0.1, 0.15) is 17.2 Å². The summed E-state index contributed by atoms with van der Waals surface area (Å²) in [4.78, 5) is 40.6. The third-order valence-corrected chi connectivity index (χ3v) is 28.0. The summed E-state index contributed by atoms with van der Waals surface area (Å²) in [6.45, 7) is 47.7. The molecule has 0 aliphatic carbocycles. The molecule has 1 aliphatic heterocycles. The third-order valence-electron chi connectivity index (χ3n) is 23.8. The second-order valence-corrected chi connectivity index (χ2v) is 45.7. The highest BCUT2D eigenvalue weighted by atomic mass is 31.3. The minimum Gasteiger partial charge on any atom is -0.466 e. The second-order valence-electron chi connectivity index (χ2n) is 41.8. The highest BCUT2D eigenvalue weighted by Gasteiger charge is 2.46. The first-order chi connectivity index (χ1) is 57.1. The zero-order valence-corrected chi connectivity index (χ0v) is 84.2. The molecule has 3 aromatic carbocycles. The Morgan fingerprint density at radius 1 is 0.233 bits per heavy atom. The Morgan fingerprint density at radius 3 is 0.517 bits per heavy atom. The molecule has 0 unspecified atom stereocenters. The van der Waals surface area contributed by atoms with Crippen molar-refractivity contribution in [3.05, 3.63) is 86.5 Å². The number of carbonyl (C=O) groups excluding carboxylic acids is 3. The highest BCUT2D eigenvalue weighted by molar-refractivity contribution is 7.69. The minimum absolute atomic E-state index is 0.177. The van der Waals surface area contributed by atoms with E-state index in [9.17, 15) is 14.4 Å². The van der Waals surface area contributed by atoms with Crippen molar-refractivity contribution < 1.29 is 55.1 Å². The standard InChI is InChI=1S/C105H183O12P3/c1-22-25-28-31-34-37-40-43-46-49-52-55-58-61-64-67-76-109-94(106)73-70-85-79-88(100(4,5)6)97(89(80-85)101(7,8)9)112-118-115-119(113-98-90(102(10,11)12)81-86(82-91(98)103(13,14)15)71-74-95(107)110-77-68-65-62-59-56-53-50-47-44-41-38-35-32-29-26-23-2)117-120(116-118)114-99-92(104(16,17)18)83-87(84-93(99)105(19,20)21)72-75-96(108)111-78-69-66-63-60-57-54-51-48-45-42-39-36-33-30-27-24-3/h79-84H,22-78H2,1-21H3. The number of carbonyl (C=O) groups is 3. The molecular formula is C105H183O12P3. The lowest BCUT2D eigenvalue weighted by molar-refractivity contribution is -0.144. The number of esters is 3. The predicted molar refractivity (Wildman–Crippen MR) is 514 cm³/mol. The topological polar surface area (TPSA) is 134 Å². The van der Waals surface area contributed by atoms with Gasteiger partial charge in [-0.15, -0.1) is 0 Å². The van der Waals surface area contributed by atoms with Crippen LogP contribution in [-0.4, -0.2) is 37.7 Å². The van der Waals surface area contributed by atoms with Gasteiger partial charge in [0, 0.05) is 52.6 Å². The van der Waals surface area contributed by atoms with Gasteiger partial charge in [0.15, 0.2) is 0 Å². The molecule has 0 atom stereocenters. The highest BCUT2D eigenvalue weighted by Crippen LogP contribution is 2.73. The average Bonchev–Trinajstić information content (AvgIpc) is 0.766. The van der Waals surface area contributed by atoms with Crippen molar-refractivity contribution in [3.8, 4) is 17.2 Å². The van der Waals surface area contributed by atoms with E-state index in [4.69, 9.17) is 40.7 Å². The molecule has 120 heavy (non-hydrogen) atoms. The van der Waals surface area contributed by atoms with Gasteiger partial charge in [-0.1, -0.05) is 471 Å². The van der Waals surface area contributed by atoms with Gasteiger partial charge in [-0.3, -0.25) is 14.4 Å². The van der Waals surface area contributed by atoms with Gasteiger partial charge in [0.05, 0.1) is 19.8 Å². The maximum atomic E-state index is 13.5. The molecule has 1 fully saturated rings. The number of benzene rings is 3. The van der Waals surface area contributed by atoms with Crippen LogP contribution in [0.5, 0.6) is 17.2 Å². The predicted octanol–water partition coefficient (Wildman–Crippen LogP) is 35.0. The molecule has 0 N–H and O–H groups in total. The number of rotatable bonds is 66. The van der Waals surface area contributed by atoms with Crippen LogP contribution in [0.15, 0.2) is 36.4 Å². The van der Waals surface area contributed by atoms with Crippen LogP contribution in [0.3, 0.4) is 0 Å². The molecule has 0 radical (unpaired) electrons. The summed E-state index contributed by atoms with van der Waals surface area (Å²) in [6.07, 6.45) is 64.7. The molecule has 0 aromatic heterocycles. The fourth-order valence-electron chi connectivity index (χ4n) is 16.1. The number of hydrogen-bond acceptors (Lipinski definition) is 12. The minimum atomic E-state index is -2.31. The molecule has 0 spiro atoms. The molecule has 1 heterocycles. The van der Waals surface area contributed by atoms with Crippen molar-refractivity contribution in [1.82, 2.24) is 0 Å². The fourth-order valence-corrected chi connectivity index (χ4v) is 20.4. The van der Waals surface area contributed by atoms with Gasteiger partial charge in [-0.2, -0.15) is 0 Å². The van der Waals surface area contributed by atoms with Gasteiger partial charge in [0.25, 0.3) is 0 Å². The molecule has 15 heteroatoms. The Bertz CT molecular complexity index is 2780. The van der Waals surface area contributed by atoms with Gasteiger partial charge >= 0.3 is 43.7 Å². The van der Waals surface area contributed by atoms with E-state index >= 15 is 0 Å². The SMILES string of the molecule is CCCCCCCCCCCCCCCCCCOC(=O)CCc1cc(C(C)(C)C)c(OP2OP(Oc3c(C(C)(C)C)cc(CCC(=O)OCCCCCCCCCCCCCCCCCC)cc3C(C)(C)C)OP(Oc3c(C(C)(C)C)cc(CCC(=O)OCCCCCCCCCCCCCCCCCC)cc3C(C)(C)C)O2)c(C(C)(C)C)c1. The van der Waals surface area contributed by atoms with Crippen LogP contribution in [-0.2, 0) is 93.3 Å². The van der Waals surface area contributed by atoms with E-state index in [0.717, 1.165) is 88.6 Å². The summed E-state index contributed by atoms with van der Waals surface area (Å²) in [5.74, 6) is 1.43. The zero-order chi connectivity index (χ0) is 88.3. The number of aryl methyl sites for hydroxylation is 3. The summed E-state index contributed by atoms with van der Waals surface area (Å²) < 4.78 is 60.9. The van der Waals surface area contributed by atoms with Crippen molar-refractivity contribution in [3.63, 3.8) is 0 Å². The van der Waals surface area contributed by atoms with Crippen LogP contribution < -0.4 is 13.6 Å². The average molecular weight is 1730 g/mol. The number of ether oxygens (including phenoxy) is 3. The normalized spacial score (nSPS) is 15.0. The Balaban J connectivity index is 1.57. The molecule has 3 aromatic rings. The fraction of sp³-hybridized carbons (Fsp3) is 0.800. The molecule has 1 saturated heterocycles. The van der Waals surface area contributed by atoms with Crippen LogP contribution in [0.1, 0.15) is 523 Å². The van der Waals surface area contributed by atoms with Crippen molar-refractivity contribution in [2.45, 2.75) is 525 Å². The smallest absolute Gasteiger partial charge is 0.413 e. The van der Waals surface area contributed by atoms with E-state index in [1.54, 1.807) is 0 Å².